The van der Waals surface area contributed by atoms with Gasteiger partial charge in [-0.1, -0.05) is 12.1 Å². The number of ether oxygens (including phenoxy) is 1. The van der Waals surface area contributed by atoms with E-state index < -0.39 is 5.91 Å². The normalized spacial score (nSPS) is 17.0. The van der Waals surface area contributed by atoms with Crippen molar-refractivity contribution in [1.82, 2.24) is 4.90 Å². The van der Waals surface area contributed by atoms with Crippen LogP contribution in [0.5, 0.6) is 5.75 Å². The summed E-state index contributed by atoms with van der Waals surface area (Å²) in [6.45, 7) is 3.56. The first-order chi connectivity index (χ1) is 10.5. The predicted molar refractivity (Wildman–Crippen MR) is 81.7 cm³/mol. The minimum Gasteiger partial charge on any atom is -0.497 e. The predicted octanol–water partition coefficient (Wildman–Crippen LogP) is 2.31. The van der Waals surface area contributed by atoms with Gasteiger partial charge in [0.05, 0.1) is 7.11 Å². The number of hydrogen-bond donors (Lipinski definition) is 0. The number of hydrogen-bond acceptors (Lipinski definition) is 4. The maximum atomic E-state index is 12.4. The fourth-order valence-corrected chi connectivity index (χ4v) is 2.28. The van der Waals surface area contributed by atoms with Crippen molar-refractivity contribution < 1.29 is 14.3 Å². The summed E-state index contributed by atoms with van der Waals surface area (Å²) >= 11 is 0. The molecular formula is C17H16N2O3. The Bertz CT molecular complexity index is 721. The monoisotopic (exact) mass is 296 g/mol. The number of nitriles is 1. The first-order valence-electron chi connectivity index (χ1n) is 6.86. The van der Waals surface area contributed by atoms with Crippen molar-refractivity contribution >= 4 is 17.9 Å². The highest BCUT2D eigenvalue weighted by atomic mass is 16.5. The Morgan fingerprint density at radius 3 is 2.36 bits per heavy atom. The van der Waals surface area contributed by atoms with Gasteiger partial charge in [-0.3, -0.25) is 14.5 Å². The molecule has 0 aliphatic carbocycles. The number of carbonyl (C=O) groups is 2. The number of nitrogens with zero attached hydrogens (tertiary/aromatic N) is 2. The molecule has 0 saturated carbocycles. The number of carbonyl (C=O) groups excluding carboxylic acids is 2. The number of amides is 2. The van der Waals surface area contributed by atoms with Crippen molar-refractivity contribution in [2.75, 3.05) is 13.7 Å². The van der Waals surface area contributed by atoms with Gasteiger partial charge in [-0.25, -0.2) is 0 Å². The SMILES string of the molecule is CCN1C(=O)C(C#N)=C(C)/C(=C/c2ccc(OC)cc2)C1=O. The van der Waals surface area contributed by atoms with Crippen LogP contribution in [-0.2, 0) is 9.59 Å². The zero-order valence-electron chi connectivity index (χ0n) is 12.7. The van der Waals surface area contributed by atoms with Crippen LogP contribution in [0.3, 0.4) is 0 Å². The van der Waals surface area contributed by atoms with Gasteiger partial charge in [-0.15, -0.1) is 0 Å². The second-order valence-corrected chi connectivity index (χ2v) is 4.80. The lowest BCUT2D eigenvalue weighted by Crippen LogP contribution is -2.42. The zero-order chi connectivity index (χ0) is 16.3. The van der Waals surface area contributed by atoms with Gasteiger partial charge in [-0.05, 0) is 43.2 Å². The third-order valence-electron chi connectivity index (χ3n) is 3.57. The van der Waals surface area contributed by atoms with E-state index in [0.717, 1.165) is 10.5 Å². The summed E-state index contributed by atoms with van der Waals surface area (Å²) in [5.41, 5.74) is 1.59. The summed E-state index contributed by atoms with van der Waals surface area (Å²) in [5, 5.41) is 9.17. The van der Waals surface area contributed by atoms with Gasteiger partial charge in [0, 0.05) is 12.1 Å². The molecule has 1 heterocycles. The first kappa shape index (κ1) is 15.5. The van der Waals surface area contributed by atoms with Crippen LogP contribution in [0.4, 0.5) is 0 Å². The Labute approximate surface area is 129 Å². The molecule has 0 spiro atoms. The van der Waals surface area contributed by atoms with Crippen molar-refractivity contribution in [1.29, 1.82) is 5.26 Å². The van der Waals surface area contributed by atoms with Gasteiger partial charge < -0.3 is 4.74 Å². The molecule has 1 aliphatic rings. The van der Waals surface area contributed by atoms with Gasteiger partial charge in [0.15, 0.2) is 0 Å². The van der Waals surface area contributed by atoms with E-state index in [-0.39, 0.29) is 18.0 Å². The van der Waals surface area contributed by atoms with Crippen molar-refractivity contribution in [3.05, 3.63) is 46.5 Å². The highest BCUT2D eigenvalue weighted by Gasteiger charge is 2.34. The maximum absolute atomic E-state index is 12.4. The van der Waals surface area contributed by atoms with Crippen LogP contribution in [0.25, 0.3) is 6.08 Å². The summed E-state index contributed by atoms with van der Waals surface area (Å²) in [6, 6.07) is 9.09. The number of rotatable bonds is 3. The molecule has 0 saturated heterocycles. The average Bonchev–Trinajstić information content (AvgIpc) is 2.53. The van der Waals surface area contributed by atoms with E-state index in [4.69, 9.17) is 4.74 Å². The van der Waals surface area contributed by atoms with Crippen LogP contribution >= 0.6 is 0 Å². The van der Waals surface area contributed by atoms with Gasteiger partial charge in [0.1, 0.15) is 17.4 Å². The standard InChI is InChI=1S/C17H16N2O3/c1-4-19-16(20)14(11(2)15(10-18)17(19)21)9-12-5-7-13(22-3)8-6-12/h5-9H,4H2,1-3H3/b14-9-. The van der Waals surface area contributed by atoms with Gasteiger partial charge in [-0.2, -0.15) is 5.26 Å². The molecule has 0 atom stereocenters. The highest BCUT2D eigenvalue weighted by molar-refractivity contribution is 6.19. The summed E-state index contributed by atoms with van der Waals surface area (Å²) in [7, 11) is 1.58. The van der Waals surface area contributed by atoms with E-state index >= 15 is 0 Å². The van der Waals surface area contributed by atoms with Gasteiger partial charge >= 0.3 is 0 Å². The largest absolute Gasteiger partial charge is 0.497 e. The topological polar surface area (TPSA) is 70.4 Å². The summed E-state index contributed by atoms with van der Waals surface area (Å²) in [4.78, 5) is 25.6. The molecule has 0 bridgehead atoms. The molecule has 5 heteroatoms. The third-order valence-corrected chi connectivity index (χ3v) is 3.57. The Morgan fingerprint density at radius 2 is 1.86 bits per heavy atom. The molecule has 112 valence electrons. The number of benzene rings is 1. The van der Waals surface area contributed by atoms with E-state index in [1.807, 2.05) is 18.2 Å². The molecule has 0 radical (unpaired) electrons. The lowest BCUT2D eigenvalue weighted by molar-refractivity contribution is -0.140. The molecule has 5 nitrogen and oxygen atoms in total. The Hall–Kier alpha value is -2.87. The van der Waals surface area contributed by atoms with E-state index in [0.29, 0.717) is 16.9 Å². The number of methoxy groups -OCH3 is 1. The van der Waals surface area contributed by atoms with E-state index in [2.05, 4.69) is 0 Å². The molecule has 1 aromatic rings. The van der Waals surface area contributed by atoms with E-state index in [1.54, 1.807) is 39.2 Å². The Balaban J connectivity index is 2.53. The molecule has 0 N–H and O–H groups in total. The molecule has 1 aromatic carbocycles. The maximum Gasteiger partial charge on any atom is 0.271 e. The quantitative estimate of drug-likeness (QED) is 0.634. The van der Waals surface area contributed by atoms with Crippen LogP contribution in [-0.4, -0.2) is 30.4 Å². The summed E-state index contributed by atoms with van der Waals surface area (Å²) < 4.78 is 5.09. The second-order valence-electron chi connectivity index (χ2n) is 4.80. The van der Waals surface area contributed by atoms with E-state index in [1.165, 1.54) is 0 Å². The van der Waals surface area contributed by atoms with Crippen molar-refractivity contribution in [3.63, 3.8) is 0 Å². The minimum atomic E-state index is -0.528. The lowest BCUT2D eigenvalue weighted by Gasteiger charge is -2.26. The molecule has 1 aliphatic heterocycles. The van der Waals surface area contributed by atoms with Crippen LogP contribution in [0.2, 0.25) is 0 Å². The fraction of sp³-hybridized carbons (Fsp3) is 0.235. The Kier molecular flexibility index (Phi) is 4.42. The molecule has 2 rings (SSSR count). The zero-order valence-corrected chi connectivity index (χ0v) is 12.7. The van der Waals surface area contributed by atoms with Crippen molar-refractivity contribution in [3.8, 4) is 11.8 Å². The van der Waals surface area contributed by atoms with Crippen molar-refractivity contribution in [2.45, 2.75) is 13.8 Å². The van der Waals surface area contributed by atoms with Crippen LogP contribution in [0.15, 0.2) is 41.0 Å². The molecule has 22 heavy (non-hydrogen) atoms. The Morgan fingerprint density at radius 1 is 1.23 bits per heavy atom. The van der Waals surface area contributed by atoms with Gasteiger partial charge in [0.25, 0.3) is 11.8 Å². The number of likely N-dealkylation sites (N-methyl/N-ethyl adjacent to an activating group) is 1. The first-order valence-corrected chi connectivity index (χ1v) is 6.86. The van der Waals surface area contributed by atoms with Gasteiger partial charge in [0.2, 0.25) is 0 Å². The van der Waals surface area contributed by atoms with E-state index in [9.17, 15) is 14.9 Å². The smallest absolute Gasteiger partial charge is 0.271 e. The molecule has 0 aromatic heterocycles. The van der Waals surface area contributed by atoms with Crippen LogP contribution < -0.4 is 4.74 Å². The molecular weight excluding hydrogens is 280 g/mol. The fourth-order valence-electron chi connectivity index (χ4n) is 2.28. The lowest BCUT2D eigenvalue weighted by atomic mass is 9.94. The second kappa shape index (κ2) is 6.27. The highest BCUT2D eigenvalue weighted by Crippen LogP contribution is 2.27. The molecule has 0 fully saturated rings. The summed E-state index contributed by atoms with van der Waals surface area (Å²) in [6.07, 6.45) is 1.68. The number of imide groups is 1. The van der Waals surface area contributed by atoms with Crippen molar-refractivity contribution in [2.24, 2.45) is 0 Å². The van der Waals surface area contributed by atoms with Crippen LogP contribution in [0.1, 0.15) is 19.4 Å². The third kappa shape index (κ3) is 2.63. The molecule has 2 amide bonds. The minimum absolute atomic E-state index is 0.0150. The summed E-state index contributed by atoms with van der Waals surface area (Å²) in [5.74, 6) is -0.188. The molecule has 0 unspecified atom stereocenters. The van der Waals surface area contributed by atoms with Crippen LogP contribution in [0, 0.1) is 11.3 Å². The average molecular weight is 296 g/mol.